The van der Waals surface area contributed by atoms with Gasteiger partial charge in [0.2, 0.25) is 0 Å². The van der Waals surface area contributed by atoms with E-state index in [9.17, 15) is 0 Å². The highest BCUT2D eigenvalue weighted by atomic mass is 14.7. The van der Waals surface area contributed by atoms with Gasteiger partial charge in [-0.2, -0.15) is 0 Å². The van der Waals surface area contributed by atoms with Crippen LogP contribution in [0.2, 0.25) is 0 Å². The second kappa shape index (κ2) is 5.78. The molecule has 1 aromatic heterocycles. The Labute approximate surface area is 147 Å². The summed E-state index contributed by atoms with van der Waals surface area (Å²) in [5, 5.41) is 2.60. The third kappa shape index (κ3) is 2.40. The van der Waals surface area contributed by atoms with Crippen LogP contribution in [-0.2, 0) is 0 Å². The van der Waals surface area contributed by atoms with Gasteiger partial charge in [0.25, 0.3) is 0 Å². The Bertz CT molecular complexity index is 1130. The molecule has 1 aliphatic carbocycles. The number of hydrogen-bond donors (Lipinski definition) is 1. The molecule has 0 atom stereocenters. The number of benzene rings is 3. The van der Waals surface area contributed by atoms with E-state index in [2.05, 4.69) is 89.9 Å². The first-order chi connectivity index (χ1) is 12.4. The first-order valence-electron chi connectivity index (χ1n) is 8.86. The zero-order valence-electron chi connectivity index (χ0n) is 14.0. The Kier molecular flexibility index (Phi) is 3.31. The molecular formula is C24H19N. The topological polar surface area (TPSA) is 15.8 Å². The number of aromatic nitrogens is 1. The van der Waals surface area contributed by atoms with E-state index in [0.29, 0.717) is 0 Å². The molecule has 3 aromatic carbocycles. The normalized spacial score (nSPS) is 14.2. The maximum Gasteiger partial charge on any atom is 0.0544 e. The third-order valence-corrected chi connectivity index (χ3v) is 5.08. The summed E-state index contributed by atoms with van der Waals surface area (Å²) in [5.74, 6) is 0. The highest BCUT2D eigenvalue weighted by Crippen LogP contribution is 2.37. The van der Waals surface area contributed by atoms with Crippen molar-refractivity contribution in [2.24, 2.45) is 0 Å². The fourth-order valence-electron chi connectivity index (χ4n) is 3.82. The number of H-pyrrole nitrogens is 1. The lowest BCUT2D eigenvalue weighted by Crippen LogP contribution is -1.90. The Morgan fingerprint density at radius 2 is 1.60 bits per heavy atom. The average molecular weight is 321 g/mol. The van der Waals surface area contributed by atoms with Crippen LogP contribution in [0.4, 0.5) is 0 Å². The Morgan fingerprint density at radius 3 is 2.44 bits per heavy atom. The maximum absolute atomic E-state index is 3.64. The molecule has 0 radical (unpaired) electrons. The van der Waals surface area contributed by atoms with Crippen LogP contribution in [0.1, 0.15) is 18.4 Å². The minimum atomic E-state index is 1.11. The number of allylic oxidation sites excluding steroid dienone is 4. The van der Waals surface area contributed by atoms with Crippen LogP contribution in [-0.4, -0.2) is 4.98 Å². The number of hydrogen-bond acceptors (Lipinski definition) is 0. The Hall–Kier alpha value is -3.06. The molecular weight excluding hydrogens is 302 g/mol. The summed E-state index contributed by atoms with van der Waals surface area (Å²) in [5.41, 5.74) is 7.72. The monoisotopic (exact) mass is 321 g/mol. The van der Waals surface area contributed by atoms with Gasteiger partial charge in [-0.3, -0.25) is 0 Å². The van der Waals surface area contributed by atoms with Gasteiger partial charge in [0.1, 0.15) is 0 Å². The maximum atomic E-state index is 3.64. The van der Waals surface area contributed by atoms with Crippen molar-refractivity contribution in [2.75, 3.05) is 0 Å². The lowest BCUT2D eigenvalue weighted by Gasteiger charge is -2.13. The Morgan fingerprint density at radius 1 is 0.760 bits per heavy atom. The van der Waals surface area contributed by atoms with Crippen LogP contribution in [0.3, 0.4) is 0 Å². The van der Waals surface area contributed by atoms with E-state index in [-0.39, 0.29) is 0 Å². The molecule has 1 aliphatic rings. The van der Waals surface area contributed by atoms with E-state index in [1.165, 1.54) is 44.1 Å². The molecule has 5 rings (SSSR count). The van der Waals surface area contributed by atoms with E-state index in [1.54, 1.807) is 0 Å². The molecule has 0 unspecified atom stereocenters. The molecule has 0 saturated heterocycles. The zero-order valence-corrected chi connectivity index (χ0v) is 14.0. The van der Waals surface area contributed by atoms with Crippen molar-refractivity contribution in [3.05, 3.63) is 90.5 Å². The number of para-hydroxylation sites is 1. The van der Waals surface area contributed by atoms with Gasteiger partial charge in [-0.05, 0) is 47.7 Å². The van der Waals surface area contributed by atoms with Crippen LogP contribution >= 0.6 is 0 Å². The van der Waals surface area contributed by atoms with Crippen molar-refractivity contribution < 1.29 is 0 Å². The summed E-state index contributed by atoms with van der Waals surface area (Å²) in [6.45, 7) is 0. The second-order valence-electron chi connectivity index (χ2n) is 6.64. The van der Waals surface area contributed by atoms with Crippen LogP contribution in [0, 0.1) is 0 Å². The Balaban J connectivity index is 1.86. The molecule has 120 valence electrons. The molecule has 0 fully saturated rings. The van der Waals surface area contributed by atoms with Crippen LogP contribution < -0.4 is 0 Å². The molecule has 0 bridgehead atoms. The predicted octanol–water partition coefficient (Wildman–Crippen LogP) is 6.72. The molecule has 1 heterocycles. The summed E-state index contributed by atoms with van der Waals surface area (Å²) in [6, 6.07) is 24.0. The molecule has 1 nitrogen and oxygen atoms in total. The molecule has 0 saturated carbocycles. The fraction of sp³-hybridized carbons (Fsp3) is 0.0833. The van der Waals surface area contributed by atoms with Crippen LogP contribution in [0.5, 0.6) is 0 Å². The van der Waals surface area contributed by atoms with Gasteiger partial charge in [-0.1, -0.05) is 66.8 Å². The highest BCUT2D eigenvalue weighted by molar-refractivity contribution is 6.12. The van der Waals surface area contributed by atoms with Crippen LogP contribution in [0.25, 0.3) is 38.5 Å². The van der Waals surface area contributed by atoms with Crippen molar-refractivity contribution in [3.8, 4) is 11.1 Å². The van der Waals surface area contributed by atoms with Crippen LogP contribution in [0.15, 0.2) is 85.0 Å². The summed E-state index contributed by atoms with van der Waals surface area (Å²) in [6.07, 6.45) is 8.91. The van der Waals surface area contributed by atoms with E-state index in [1.807, 2.05) is 0 Å². The van der Waals surface area contributed by atoms with Gasteiger partial charge in [0, 0.05) is 21.9 Å². The molecule has 1 N–H and O–H groups in total. The largest absolute Gasteiger partial charge is 0.354 e. The summed E-state index contributed by atoms with van der Waals surface area (Å²) in [7, 11) is 0. The molecule has 0 amide bonds. The fourth-order valence-corrected chi connectivity index (χ4v) is 3.82. The van der Waals surface area contributed by atoms with Crippen molar-refractivity contribution in [1.82, 2.24) is 4.98 Å². The van der Waals surface area contributed by atoms with Crippen molar-refractivity contribution in [3.63, 3.8) is 0 Å². The van der Waals surface area contributed by atoms with Crippen molar-refractivity contribution >= 4 is 27.4 Å². The second-order valence-corrected chi connectivity index (χ2v) is 6.64. The lowest BCUT2D eigenvalue weighted by molar-refractivity contribution is 1.05. The van der Waals surface area contributed by atoms with Crippen molar-refractivity contribution in [2.45, 2.75) is 12.8 Å². The van der Waals surface area contributed by atoms with Crippen molar-refractivity contribution in [1.29, 1.82) is 0 Å². The molecule has 4 aromatic rings. The van der Waals surface area contributed by atoms with Gasteiger partial charge in [0.15, 0.2) is 0 Å². The minimum absolute atomic E-state index is 1.11. The minimum Gasteiger partial charge on any atom is -0.354 e. The van der Waals surface area contributed by atoms with E-state index in [0.717, 1.165) is 12.8 Å². The number of nitrogens with one attached hydrogen (secondary N) is 1. The molecule has 1 heteroatoms. The average Bonchev–Trinajstić information content (AvgIpc) is 3.07. The predicted molar refractivity (Wildman–Crippen MR) is 108 cm³/mol. The van der Waals surface area contributed by atoms with Gasteiger partial charge < -0.3 is 4.98 Å². The SMILES string of the molecule is C1=CCCC(c2cc(-c3ccccc3)c3[nH]c4ccccc4c3c2)=C1. The van der Waals surface area contributed by atoms with E-state index >= 15 is 0 Å². The smallest absolute Gasteiger partial charge is 0.0544 e. The third-order valence-electron chi connectivity index (χ3n) is 5.08. The molecule has 0 aliphatic heterocycles. The first-order valence-corrected chi connectivity index (χ1v) is 8.86. The number of aromatic amines is 1. The van der Waals surface area contributed by atoms with Gasteiger partial charge in [-0.25, -0.2) is 0 Å². The lowest BCUT2D eigenvalue weighted by atomic mass is 9.92. The summed E-state index contributed by atoms with van der Waals surface area (Å²) < 4.78 is 0. The highest BCUT2D eigenvalue weighted by Gasteiger charge is 2.13. The standard InChI is InChI=1S/C24H19N/c1-3-9-17(10-4-1)19-15-21(18-11-5-2-6-12-18)24-22(16-19)20-13-7-8-14-23(20)25-24/h1-3,5-9,11-16,25H,4,10H2. The molecule has 25 heavy (non-hydrogen) atoms. The first kappa shape index (κ1) is 14.3. The quantitative estimate of drug-likeness (QED) is 0.422. The summed E-state index contributed by atoms with van der Waals surface area (Å²) >= 11 is 0. The van der Waals surface area contributed by atoms with E-state index < -0.39 is 0 Å². The van der Waals surface area contributed by atoms with Gasteiger partial charge in [0.05, 0.1) is 5.52 Å². The summed E-state index contributed by atoms with van der Waals surface area (Å²) in [4.78, 5) is 3.64. The molecule has 0 spiro atoms. The number of fused-ring (bicyclic) bond motifs is 3. The van der Waals surface area contributed by atoms with E-state index in [4.69, 9.17) is 0 Å². The van der Waals surface area contributed by atoms with Gasteiger partial charge >= 0.3 is 0 Å². The number of rotatable bonds is 2. The van der Waals surface area contributed by atoms with Gasteiger partial charge in [-0.15, -0.1) is 0 Å². The zero-order chi connectivity index (χ0) is 16.6.